The molecule has 3 aromatic rings. The molecule has 298 valence electrons. The zero-order chi connectivity index (χ0) is 39.6. The third-order valence-corrected chi connectivity index (χ3v) is 9.10. The van der Waals surface area contributed by atoms with Crippen molar-refractivity contribution in [1.82, 2.24) is 10.6 Å². The zero-order valence-electron chi connectivity index (χ0n) is 30.5. The maximum atomic E-state index is 12.8. The summed E-state index contributed by atoms with van der Waals surface area (Å²) in [6.07, 6.45) is -7.35. The summed E-state index contributed by atoms with van der Waals surface area (Å²) in [5.74, 6) is -2.19. The summed E-state index contributed by atoms with van der Waals surface area (Å²) in [6, 6.07) is 24.3. The molecule has 0 aromatic heterocycles. The fraction of sp³-hybridized carbons (Fsp3) is 0.487. The lowest BCUT2D eigenvalue weighted by Crippen LogP contribution is -2.39. The summed E-state index contributed by atoms with van der Waals surface area (Å²) >= 11 is 0. The number of carbonyl (C=O) groups excluding carboxylic acids is 2. The second-order valence-electron chi connectivity index (χ2n) is 12.9. The first-order chi connectivity index (χ1) is 25.8. The van der Waals surface area contributed by atoms with Crippen molar-refractivity contribution in [1.29, 1.82) is 0 Å². The van der Waals surface area contributed by atoms with Crippen molar-refractivity contribution in [3.05, 3.63) is 95.6 Å². The highest BCUT2D eigenvalue weighted by Gasteiger charge is 2.40. The predicted octanol–water partition coefficient (Wildman–Crippen LogP) is 5.74. The number of alkyl halides is 5. The monoisotopic (exact) mass is 767 g/mol. The number of amides is 2. The average molecular weight is 768 g/mol. The van der Waals surface area contributed by atoms with Gasteiger partial charge in [-0.2, -0.15) is 22.0 Å². The van der Waals surface area contributed by atoms with Crippen LogP contribution >= 0.6 is 0 Å². The van der Waals surface area contributed by atoms with E-state index >= 15 is 0 Å². The van der Waals surface area contributed by atoms with E-state index in [4.69, 9.17) is 24.7 Å². The highest BCUT2D eigenvalue weighted by Crippen LogP contribution is 2.42. The number of hydrogen-bond donors (Lipinski definition) is 4. The Hall–Kier alpha value is -4.31. The van der Waals surface area contributed by atoms with Gasteiger partial charge in [0.1, 0.15) is 23.2 Å². The number of carbonyl (C=O) groups is 2. The standard InChI is InChI=1S/C39H50F5N3O7/c1-51-32-15-11-29(12-16-32)38(28-9-4-3-5-10-28,30-13-17-33(52-2)18-14-30)54-26-31(48)25-53-27-37(19-6-22-45,20-7-23-46-35(49)34(40)41)21-8-24-47-36(50)39(42,43)44/h3-5,9-18,31,34,48H,6-8,19-27,45H2,1-2H3,(H,46,49)(H,47,50). The fourth-order valence-electron chi connectivity index (χ4n) is 6.34. The van der Waals surface area contributed by atoms with Gasteiger partial charge in [0.2, 0.25) is 0 Å². The number of aliphatic hydroxyl groups is 1. The van der Waals surface area contributed by atoms with Crippen molar-refractivity contribution in [2.24, 2.45) is 11.1 Å². The lowest BCUT2D eigenvalue weighted by molar-refractivity contribution is -0.173. The van der Waals surface area contributed by atoms with E-state index in [1.165, 1.54) is 0 Å². The Morgan fingerprint density at radius 2 is 1.24 bits per heavy atom. The number of nitrogens with two attached hydrogens (primary N) is 1. The molecule has 0 heterocycles. The van der Waals surface area contributed by atoms with Crippen LogP contribution in [0.25, 0.3) is 0 Å². The minimum atomic E-state index is -5.03. The molecule has 0 radical (unpaired) electrons. The highest BCUT2D eigenvalue weighted by molar-refractivity contribution is 5.81. The zero-order valence-corrected chi connectivity index (χ0v) is 30.5. The number of rotatable bonds is 24. The molecule has 0 saturated carbocycles. The van der Waals surface area contributed by atoms with Gasteiger partial charge >= 0.3 is 18.5 Å². The summed E-state index contributed by atoms with van der Waals surface area (Å²) in [4.78, 5) is 22.8. The first kappa shape index (κ1) is 44.1. The van der Waals surface area contributed by atoms with Crippen LogP contribution in [-0.4, -0.2) is 89.3 Å². The van der Waals surface area contributed by atoms with Crippen LogP contribution in [-0.2, 0) is 24.7 Å². The van der Waals surface area contributed by atoms with E-state index < -0.39 is 41.5 Å². The molecule has 0 spiro atoms. The molecule has 0 aliphatic heterocycles. The molecule has 5 N–H and O–H groups in total. The molecule has 3 aromatic carbocycles. The van der Waals surface area contributed by atoms with Crippen LogP contribution in [0.2, 0.25) is 0 Å². The van der Waals surface area contributed by atoms with Crippen LogP contribution < -0.4 is 25.8 Å². The summed E-state index contributed by atoms with van der Waals surface area (Å²) in [6.45, 7) is -0.379. The van der Waals surface area contributed by atoms with E-state index in [0.29, 0.717) is 37.3 Å². The van der Waals surface area contributed by atoms with Crippen molar-refractivity contribution >= 4 is 11.8 Å². The minimum absolute atomic E-state index is 0.0286. The second kappa shape index (κ2) is 21.5. The molecule has 2 atom stereocenters. The Bertz CT molecular complexity index is 1500. The van der Waals surface area contributed by atoms with Crippen molar-refractivity contribution in [2.75, 3.05) is 53.7 Å². The van der Waals surface area contributed by atoms with Crippen LogP contribution in [0.3, 0.4) is 0 Å². The average Bonchev–Trinajstić information content (AvgIpc) is 3.17. The Kier molecular flexibility index (Phi) is 17.6. The fourth-order valence-corrected chi connectivity index (χ4v) is 6.34. The molecule has 2 unspecified atom stereocenters. The van der Waals surface area contributed by atoms with E-state index in [-0.39, 0.29) is 52.2 Å². The molecule has 0 fully saturated rings. The van der Waals surface area contributed by atoms with Gasteiger partial charge < -0.3 is 40.4 Å². The van der Waals surface area contributed by atoms with E-state index in [1.807, 2.05) is 84.2 Å². The lowest BCUT2D eigenvalue weighted by Gasteiger charge is -2.37. The van der Waals surface area contributed by atoms with Crippen molar-refractivity contribution < 1.29 is 55.6 Å². The van der Waals surface area contributed by atoms with Gasteiger partial charge in [-0.15, -0.1) is 0 Å². The van der Waals surface area contributed by atoms with Gasteiger partial charge in [-0.3, -0.25) is 9.59 Å². The molecule has 2 amide bonds. The lowest BCUT2D eigenvalue weighted by atomic mass is 9.75. The molecule has 0 saturated heterocycles. The highest BCUT2D eigenvalue weighted by atomic mass is 19.4. The molecular weight excluding hydrogens is 717 g/mol. The van der Waals surface area contributed by atoms with Gasteiger partial charge in [-0.1, -0.05) is 54.6 Å². The van der Waals surface area contributed by atoms with E-state index in [9.17, 15) is 36.6 Å². The van der Waals surface area contributed by atoms with Crippen LogP contribution in [0.15, 0.2) is 78.9 Å². The summed E-state index contributed by atoms with van der Waals surface area (Å²) in [5.41, 5.74) is 6.18. The third kappa shape index (κ3) is 12.9. The number of nitrogens with one attached hydrogen (secondary N) is 2. The molecule has 15 heteroatoms. The largest absolute Gasteiger partial charge is 0.497 e. The maximum Gasteiger partial charge on any atom is 0.471 e. The smallest absolute Gasteiger partial charge is 0.471 e. The predicted molar refractivity (Wildman–Crippen MR) is 192 cm³/mol. The van der Waals surface area contributed by atoms with Crippen molar-refractivity contribution in [3.63, 3.8) is 0 Å². The molecule has 0 aliphatic carbocycles. The van der Waals surface area contributed by atoms with Crippen LogP contribution in [0.1, 0.15) is 55.2 Å². The molecule has 0 aliphatic rings. The van der Waals surface area contributed by atoms with Gasteiger partial charge in [0.25, 0.3) is 5.91 Å². The number of ether oxygens (including phenoxy) is 4. The molecular formula is C39H50F5N3O7. The second-order valence-corrected chi connectivity index (χ2v) is 12.9. The number of benzene rings is 3. The number of halogens is 5. The Labute approximate surface area is 312 Å². The minimum Gasteiger partial charge on any atom is -0.497 e. The first-order valence-corrected chi connectivity index (χ1v) is 17.7. The third-order valence-electron chi connectivity index (χ3n) is 9.10. The molecule has 3 rings (SSSR count). The quantitative estimate of drug-likeness (QED) is 0.0515. The van der Waals surface area contributed by atoms with Gasteiger partial charge in [-0.25, -0.2) is 0 Å². The van der Waals surface area contributed by atoms with Crippen LogP contribution in [0.5, 0.6) is 11.5 Å². The Morgan fingerprint density at radius 3 is 1.72 bits per heavy atom. The summed E-state index contributed by atoms with van der Waals surface area (Å²) in [7, 11) is 3.13. The van der Waals surface area contributed by atoms with Gasteiger partial charge in [0.15, 0.2) is 0 Å². The summed E-state index contributed by atoms with van der Waals surface area (Å²) in [5, 5.41) is 15.3. The molecule has 0 bridgehead atoms. The topological polar surface area (TPSA) is 141 Å². The Balaban J connectivity index is 1.82. The Morgan fingerprint density at radius 1 is 0.741 bits per heavy atom. The van der Waals surface area contributed by atoms with Crippen LogP contribution in [0.4, 0.5) is 22.0 Å². The van der Waals surface area contributed by atoms with E-state index in [0.717, 1.165) is 16.7 Å². The molecule has 10 nitrogen and oxygen atoms in total. The number of methoxy groups -OCH3 is 2. The van der Waals surface area contributed by atoms with Crippen molar-refractivity contribution in [2.45, 2.75) is 62.8 Å². The normalized spacial score (nSPS) is 13.6. The SMILES string of the molecule is COc1ccc(C(OCC(O)COCC(CCCN)(CCCNC(=O)C(F)F)CCCNC(=O)C(F)(F)F)(c2ccccc2)c2ccc(OC)cc2)cc1. The van der Waals surface area contributed by atoms with Gasteiger partial charge in [-0.05, 0) is 91.4 Å². The van der Waals surface area contributed by atoms with E-state index in [2.05, 4.69) is 5.32 Å². The maximum absolute atomic E-state index is 12.8. The molecule has 54 heavy (non-hydrogen) atoms. The van der Waals surface area contributed by atoms with Gasteiger partial charge in [0, 0.05) is 13.1 Å². The van der Waals surface area contributed by atoms with Crippen molar-refractivity contribution in [3.8, 4) is 11.5 Å². The number of hydrogen-bond acceptors (Lipinski definition) is 8. The van der Waals surface area contributed by atoms with Crippen LogP contribution in [0, 0.1) is 5.41 Å². The number of aliphatic hydroxyl groups excluding tert-OH is 1. The summed E-state index contributed by atoms with van der Waals surface area (Å²) < 4.78 is 87.3. The first-order valence-electron chi connectivity index (χ1n) is 17.7. The van der Waals surface area contributed by atoms with E-state index in [1.54, 1.807) is 14.2 Å². The van der Waals surface area contributed by atoms with Gasteiger partial charge in [0.05, 0.1) is 34.0 Å².